The summed E-state index contributed by atoms with van der Waals surface area (Å²) in [5.74, 6) is 1.43. The molecular weight excluding hydrogens is 274 g/mol. The van der Waals surface area contributed by atoms with Crippen molar-refractivity contribution in [3.05, 3.63) is 66.1 Å². The molecule has 0 saturated carbocycles. The van der Waals surface area contributed by atoms with Crippen LogP contribution in [-0.2, 0) is 4.74 Å². The van der Waals surface area contributed by atoms with E-state index in [1.165, 1.54) is 22.0 Å². The first-order valence-electron chi connectivity index (χ1n) is 7.85. The second kappa shape index (κ2) is 4.62. The van der Waals surface area contributed by atoms with E-state index in [0.717, 1.165) is 18.8 Å². The Hall–Kier alpha value is -2.26. The van der Waals surface area contributed by atoms with Crippen LogP contribution in [0.5, 0.6) is 0 Å². The molecule has 1 N–H and O–H groups in total. The van der Waals surface area contributed by atoms with Gasteiger partial charge in [0.15, 0.2) is 0 Å². The highest BCUT2D eigenvalue weighted by Gasteiger charge is 2.42. The van der Waals surface area contributed by atoms with E-state index in [2.05, 4.69) is 47.8 Å². The normalized spacial score (nSPS) is 26.5. The van der Waals surface area contributed by atoms with Gasteiger partial charge in [0.05, 0.1) is 18.4 Å². The van der Waals surface area contributed by atoms with Crippen molar-refractivity contribution in [3.63, 3.8) is 0 Å². The first-order chi connectivity index (χ1) is 10.9. The van der Waals surface area contributed by atoms with Crippen LogP contribution >= 0.6 is 0 Å². The zero-order valence-corrected chi connectivity index (χ0v) is 12.2. The zero-order valence-electron chi connectivity index (χ0n) is 12.2. The van der Waals surface area contributed by atoms with Crippen LogP contribution in [-0.4, -0.2) is 6.61 Å². The maximum absolute atomic E-state index is 6.08. The average Bonchev–Trinajstić information content (AvgIpc) is 3.25. The molecule has 0 unspecified atom stereocenters. The molecule has 3 heteroatoms. The fraction of sp³-hybridized carbons (Fsp3) is 0.263. The summed E-state index contributed by atoms with van der Waals surface area (Å²) in [4.78, 5) is 0. The van der Waals surface area contributed by atoms with Crippen LogP contribution in [0.4, 0.5) is 5.69 Å². The smallest absolute Gasteiger partial charge is 0.126 e. The standard InChI is InChI=1S/C19H17NO2/c1-2-5-13-12(4-1)7-8-14-17(13)20-18(16-6-3-10-21-16)15-9-11-22-19(14)15/h1-8,10,15,18-20H,9,11H2/t15-,18-,19+/m0/s1. The third kappa shape index (κ3) is 1.66. The van der Waals surface area contributed by atoms with Crippen LogP contribution in [0, 0.1) is 5.92 Å². The number of nitrogens with one attached hydrogen (secondary N) is 1. The molecule has 0 radical (unpaired) electrons. The fourth-order valence-corrected chi connectivity index (χ4v) is 3.97. The maximum atomic E-state index is 6.08. The predicted octanol–water partition coefficient (Wildman–Crippen LogP) is 4.68. The second-order valence-corrected chi connectivity index (χ2v) is 6.13. The van der Waals surface area contributed by atoms with E-state index >= 15 is 0 Å². The molecule has 22 heavy (non-hydrogen) atoms. The number of rotatable bonds is 1. The molecule has 5 rings (SSSR count). The first kappa shape index (κ1) is 12.3. The van der Waals surface area contributed by atoms with Gasteiger partial charge in [0.2, 0.25) is 0 Å². The highest BCUT2D eigenvalue weighted by molar-refractivity contribution is 5.96. The van der Waals surface area contributed by atoms with E-state index in [-0.39, 0.29) is 12.1 Å². The van der Waals surface area contributed by atoms with Crippen LogP contribution in [0.2, 0.25) is 0 Å². The predicted molar refractivity (Wildman–Crippen MR) is 85.8 cm³/mol. The van der Waals surface area contributed by atoms with E-state index in [0.29, 0.717) is 5.92 Å². The van der Waals surface area contributed by atoms with E-state index < -0.39 is 0 Å². The molecule has 3 nitrogen and oxygen atoms in total. The van der Waals surface area contributed by atoms with Crippen LogP contribution in [0.1, 0.15) is 29.9 Å². The summed E-state index contributed by atoms with van der Waals surface area (Å²) >= 11 is 0. The Morgan fingerprint density at radius 2 is 1.95 bits per heavy atom. The Morgan fingerprint density at radius 3 is 2.86 bits per heavy atom. The number of ether oxygens (including phenoxy) is 1. The lowest BCUT2D eigenvalue weighted by atomic mass is 9.82. The van der Waals surface area contributed by atoms with Gasteiger partial charge >= 0.3 is 0 Å². The number of hydrogen-bond donors (Lipinski definition) is 1. The molecule has 1 aromatic heterocycles. The number of benzene rings is 2. The second-order valence-electron chi connectivity index (χ2n) is 6.13. The van der Waals surface area contributed by atoms with Crippen molar-refractivity contribution in [1.29, 1.82) is 0 Å². The third-order valence-corrected chi connectivity index (χ3v) is 4.98. The average molecular weight is 291 g/mol. The van der Waals surface area contributed by atoms with Crippen LogP contribution in [0.15, 0.2) is 59.2 Å². The zero-order chi connectivity index (χ0) is 14.5. The van der Waals surface area contributed by atoms with Crippen molar-refractivity contribution < 1.29 is 9.15 Å². The van der Waals surface area contributed by atoms with E-state index in [4.69, 9.17) is 9.15 Å². The molecule has 0 amide bonds. The molecule has 0 spiro atoms. The van der Waals surface area contributed by atoms with Crippen molar-refractivity contribution in [1.82, 2.24) is 0 Å². The van der Waals surface area contributed by atoms with Crippen molar-refractivity contribution in [2.45, 2.75) is 18.6 Å². The minimum Gasteiger partial charge on any atom is -0.467 e. The summed E-state index contributed by atoms with van der Waals surface area (Å²) in [5, 5.41) is 6.25. The van der Waals surface area contributed by atoms with Gasteiger partial charge in [-0.3, -0.25) is 0 Å². The largest absolute Gasteiger partial charge is 0.467 e. The SMILES string of the molecule is c1coc([C@H]2Nc3c(ccc4ccccc34)[C@H]3OCC[C@@H]23)c1. The highest BCUT2D eigenvalue weighted by atomic mass is 16.5. The van der Waals surface area contributed by atoms with Crippen molar-refractivity contribution >= 4 is 16.5 Å². The molecule has 1 saturated heterocycles. The van der Waals surface area contributed by atoms with Gasteiger partial charge in [-0.25, -0.2) is 0 Å². The van der Waals surface area contributed by atoms with Crippen LogP contribution in [0.3, 0.4) is 0 Å². The summed E-state index contributed by atoms with van der Waals surface area (Å²) in [6.07, 6.45) is 2.98. The monoisotopic (exact) mass is 291 g/mol. The summed E-state index contributed by atoms with van der Waals surface area (Å²) in [7, 11) is 0. The van der Waals surface area contributed by atoms with E-state index in [1.54, 1.807) is 6.26 Å². The lowest BCUT2D eigenvalue weighted by Crippen LogP contribution is -2.29. The minimum atomic E-state index is 0.163. The van der Waals surface area contributed by atoms with Crippen molar-refractivity contribution in [3.8, 4) is 0 Å². The first-order valence-corrected chi connectivity index (χ1v) is 7.85. The summed E-state index contributed by atoms with van der Waals surface area (Å²) in [6.45, 7) is 0.820. The minimum absolute atomic E-state index is 0.163. The molecule has 3 heterocycles. The van der Waals surface area contributed by atoms with Crippen molar-refractivity contribution in [2.24, 2.45) is 5.92 Å². The van der Waals surface area contributed by atoms with Crippen LogP contribution in [0.25, 0.3) is 10.8 Å². The number of furan rings is 1. The molecule has 0 aliphatic carbocycles. The Labute approximate surface area is 128 Å². The van der Waals surface area contributed by atoms with Gasteiger partial charge in [-0.05, 0) is 23.9 Å². The van der Waals surface area contributed by atoms with Gasteiger partial charge in [-0.2, -0.15) is 0 Å². The third-order valence-electron chi connectivity index (χ3n) is 4.98. The summed E-state index contributed by atoms with van der Waals surface area (Å²) < 4.78 is 11.8. The lowest BCUT2D eigenvalue weighted by Gasteiger charge is -2.35. The molecular formula is C19H17NO2. The summed E-state index contributed by atoms with van der Waals surface area (Å²) in [6, 6.07) is 17.1. The number of fused-ring (bicyclic) bond motifs is 5. The Balaban J connectivity index is 1.72. The lowest BCUT2D eigenvalue weighted by molar-refractivity contribution is 0.0810. The maximum Gasteiger partial charge on any atom is 0.126 e. The molecule has 3 aromatic rings. The number of hydrogen-bond acceptors (Lipinski definition) is 3. The van der Waals surface area contributed by atoms with Gasteiger partial charge in [0.1, 0.15) is 5.76 Å². The molecule has 2 aromatic carbocycles. The molecule has 3 atom stereocenters. The Bertz CT molecular complexity index is 825. The molecule has 110 valence electrons. The van der Waals surface area contributed by atoms with E-state index in [1.807, 2.05) is 6.07 Å². The van der Waals surface area contributed by atoms with Gasteiger partial charge in [0.25, 0.3) is 0 Å². The molecule has 2 aliphatic rings. The Kier molecular flexibility index (Phi) is 2.58. The molecule has 1 fully saturated rings. The quantitative estimate of drug-likeness (QED) is 0.707. The van der Waals surface area contributed by atoms with Gasteiger partial charge < -0.3 is 14.5 Å². The highest BCUT2D eigenvalue weighted by Crippen LogP contribution is 2.51. The molecule has 2 aliphatic heterocycles. The van der Waals surface area contributed by atoms with Crippen molar-refractivity contribution in [2.75, 3.05) is 11.9 Å². The molecule has 0 bridgehead atoms. The number of anilines is 1. The van der Waals surface area contributed by atoms with Crippen LogP contribution < -0.4 is 5.32 Å². The Morgan fingerprint density at radius 1 is 1.00 bits per heavy atom. The van der Waals surface area contributed by atoms with Gasteiger partial charge in [-0.15, -0.1) is 0 Å². The van der Waals surface area contributed by atoms with Gasteiger partial charge in [0, 0.05) is 29.2 Å². The van der Waals surface area contributed by atoms with Gasteiger partial charge in [-0.1, -0.05) is 36.4 Å². The van der Waals surface area contributed by atoms with E-state index in [9.17, 15) is 0 Å². The topological polar surface area (TPSA) is 34.4 Å². The fourth-order valence-electron chi connectivity index (χ4n) is 3.97. The summed E-state index contributed by atoms with van der Waals surface area (Å²) in [5.41, 5.74) is 2.48.